The summed E-state index contributed by atoms with van der Waals surface area (Å²) in [4.78, 5) is 3.75. The molecule has 0 unspecified atom stereocenters. The summed E-state index contributed by atoms with van der Waals surface area (Å²) in [5.41, 5.74) is 11.6. The van der Waals surface area contributed by atoms with Gasteiger partial charge in [-0.15, -0.1) is 0 Å². The van der Waals surface area contributed by atoms with Gasteiger partial charge in [-0.3, -0.25) is 4.99 Å². The molecule has 0 saturated carbocycles. The number of benzene rings is 1. The number of rotatable bonds is 2. The Kier molecular flexibility index (Phi) is 2.91. The monoisotopic (exact) mass is 197 g/mol. The van der Waals surface area contributed by atoms with E-state index in [9.17, 15) is 4.39 Å². The number of nitrogen functional groups attached to an aromatic ring is 2. The lowest BCUT2D eigenvalue weighted by atomic mass is 10.1. The summed E-state index contributed by atoms with van der Waals surface area (Å²) in [6, 6.07) is 1.13. The first kappa shape index (κ1) is 10.3. The normalized spacial score (nSPS) is 10.8. The van der Waals surface area contributed by atoms with Crippen LogP contribution in [-0.4, -0.2) is 20.4 Å². The smallest absolute Gasteiger partial charge is 0.152 e. The second kappa shape index (κ2) is 3.95. The Bertz CT molecular complexity index is 377. The average Bonchev–Trinajstić information content (AvgIpc) is 2.14. The van der Waals surface area contributed by atoms with Crippen molar-refractivity contribution in [3.63, 3.8) is 0 Å². The molecule has 0 aliphatic carbocycles. The number of methoxy groups -OCH3 is 1. The zero-order valence-electron chi connectivity index (χ0n) is 8.04. The van der Waals surface area contributed by atoms with Crippen LogP contribution in [0.2, 0.25) is 0 Å². The van der Waals surface area contributed by atoms with Gasteiger partial charge < -0.3 is 16.2 Å². The number of hydrogen-bond donors (Lipinski definition) is 2. The summed E-state index contributed by atoms with van der Waals surface area (Å²) in [6.45, 7) is 0. The lowest BCUT2D eigenvalue weighted by Crippen LogP contribution is -2.04. The predicted octanol–water partition coefficient (Wildman–Crippen LogP) is 1.05. The second-order valence-corrected chi connectivity index (χ2v) is 2.70. The number of aliphatic imine (C=N–C) groups is 1. The number of nitrogens with zero attached hydrogens (tertiary/aromatic N) is 1. The van der Waals surface area contributed by atoms with Crippen LogP contribution in [0.25, 0.3) is 0 Å². The van der Waals surface area contributed by atoms with E-state index in [1.165, 1.54) is 13.3 Å². The molecule has 0 radical (unpaired) electrons. The third-order valence-corrected chi connectivity index (χ3v) is 1.80. The SMILES string of the molecule is CN=Cc1c(N)c(F)cc(N)c1OC. The van der Waals surface area contributed by atoms with Crippen LogP contribution in [-0.2, 0) is 0 Å². The highest BCUT2D eigenvalue weighted by Gasteiger charge is 2.13. The van der Waals surface area contributed by atoms with Gasteiger partial charge in [-0.1, -0.05) is 0 Å². The molecular weight excluding hydrogens is 185 g/mol. The molecule has 4 nitrogen and oxygen atoms in total. The minimum absolute atomic E-state index is 0.0124. The van der Waals surface area contributed by atoms with Crippen molar-refractivity contribution >= 4 is 17.6 Å². The van der Waals surface area contributed by atoms with Gasteiger partial charge in [0.05, 0.1) is 24.0 Å². The molecule has 76 valence electrons. The maximum atomic E-state index is 13.2. The summed E-state index contributed by atoms with van der Waals surface area (Å²) in [7, 11) is 3.00. The highest BCUT2D eigenvalue weighted by atomic mass is 19.1. The van der Waals surface area contributed by atoms with E-state index < -0.39 is 5.82 Å². The molecule has 0 aliphatic rings. The molecule has 0 heterocycles. The van der Waals surface area contributed by atoms with Gasteiger partial charge in [0, 0.05) is 19.3 Å². The van der Waals surface area contributed by atoms with Crippen LogP contribution >= 0.6 is 0 Å². The summed E-state index contributed by atoms with van der Waals surface area (Å²) in [5, 5.41) is 0. The maximum Gasteiger partial charge on any atom is 0.152 e. The molecule has 0 aromatic heterocycles. The lowest BCUT2D eigenvalue weighted by Gasteiger charge is -2.10. The molecule has 1 aromatic carbocycles. The Hall–Kier alpha value is -1.78. The molecule has 0 saturated heterocycles. The fraction of sp³-hybridized carbons (Fsp3) is 0.222. The number of halogens is 1. The van der Waals surface area contributed by atoms with E-state index in [0.717, 1.165) is 6.07 Å². The van der Waals surface area contributed by atoms with Crippen LogP contribution in [0.3, 0.4) is 0 Å². The minimum Gasteiger partial charge on any atom is -0.494 e. The highest BCUT2D eigenvalue weighted by Crippen LogP contribution is 2.31. The molecule has 0 atom stereocenters. The van der Waals surface area contributed by atoms with Crippen molar-refractivity contribution in [3.05, 3.63) is 17.4 Å². The van der Waals surface area contributed by atoms with Crippen molar-refractivity contribution in [2.24, 2.45) is 4.99 Å². The molecule has 1 aromatic rings. The summed E-state index contributed by atoms with van der Waals surface area (Å²) >= 11 is 0. The predicted molar refractivity (Wildman–Crippen MR) is 55.3 cm³/mol. The average molecular weight is 197 g/mol. The van der Waals surface area contributed by atoms with Crippen LogP contribution in [0.15, 0.2) is 11.1 Å². The van der Waals surface area contributed by atoms with Crippen LogP contribution in [0.4, 0.5) is 15.8 Å². The Morgan fingerprint density at radius 2 is 2.14 bits per heavy atom. The van der Waals surface area contributed by atoms with E-state index in [4.69, 9.17) is 16.2 Å². The molecular formula is C9H12FN3O. The van der Waals surface area contributed by atoms with Gasteiger partial charge in [0.2, 0.25) is 0 Å². The molecule has 0 fully saturated rings. The second-order valence-electron chi connectivity index (χ2n) is 2.70. The van der Waals surface area contributed by atoms with Crippen molar-refractivity contribution in [2.75, 3.05) is 25.6 Å². The van der Waals surface area contributed by atoms with Gasteiger partial charge in [0.1, 0.15) is 5.82 Å². The third-order valence-electron chi connectivity index (χ3n) is 1.80. The van der Waals surface area contributed by atoms with E-state index in [2.05, 4.69) is 4.99 Å². The van der Waals surface area contributed by atoms with E-state index >= 15 is 0 Å². The fourth-order valence-corrected chi connectivity index (χ4v) is 1.17. The van der Waals surface area contributed by atoms with Gasteiger partial charge in [0.15, 0.2) is 5.75 Å². The largest absolute Gasteiger partial charge is 0.494 e. The number of hydrogen-bond acceptors (Lipinski definition) is 4. The Morgan fingerprint density at radius 1 is 1.50 bits per heavy atom. The number of anilines is 2. The van der Waals surface area contributed by atoms with Crippen LogP contribution in [0, 0.1) is 5.82 Å². The first-order valence-electron chi connectivity index (χ1n) is 3.95. The molecule has 14 heavy (non-hydrogen) atoms. The molecule has 5 heteroatoms. The Balaban J connectivity index is 3.47. The molecule has 0 amide bonds. The van der Waals surface area contributed by atoms with E-state index in [1.54, 1.807) is 7.05 Å². The zero-order chi connectivity index (χ0) is 10.7. The van der Waals surface area contributed by atoms with Crippen molar-refractivity contribution in [2.45, 2.75) is 0 Å². The summed E-state index contributed by atoms with van der Waals surface area (Å²) in [5.74, 6) is -0.229. The molecule has 0 bridgehead atoms. The summed E-state index contributed by atoms with van der Waals surface area (Å²) in [6.07, 6.45) is 1.41. The van der Waals surface area contributed by atoms with Crippen LogP contribution in [0.5, 0.6) is 5.75 Å². The summed E-state index contributed by atoms with van der Waals surface area (Å²) < 4.78 is 18.2. The molecule has 4 N–H and O–H groups in total. The highest BCUT2D eigenvalue weighted by molar-refractivity contribution is 5.93. The number of ether oxygens (including phenoxy) is 1. The first-order chi connectivity index (χ1) is 6.61. The van der Waals surface area contributed by atoms with Crippen molar-refractivity contribution < 1.29 is 9.13 Å². The Morgan fingerprint density at radius 3 is 2.64 bits per heavy atom. The number of nitrogens with two attached hydrogens (primary N) is 2. The topological polar surface area (TPSA) is 73.6 Å². The maximum absolute atomic E-state index is 13.2. The van der Waals surface area contributed by atoms with Crippen LogP contribution in [0.1, 0.15) is 5.56 Å². The van der Waals surface area contributed by atoms with E-state index in [0.29, 0.717) is 11.3 Å². The van der Waals surface area contributed by atoms with E-state index in [1.807, 2.05) is 0 Å². The van der Waals surface area contributed by atoms with Gasteiger partial charge >= 0.3 is 0 Å². The Labute approximate surface area is 81.4 Å². The van der Waals surface area contributed by atoms with E-state index in [-0.39, 0.29) is 11.4 Å². The van der Waals surface area contributed by atoms with Crippen molar-refractivity contribution in [3.8, 4) is 5.75 Å². The van der Waals surface area contributed by atoms with Gasteiger partial charge in [-0.25, -0.2) is 4.39 Å². The molecule has 0 aliphatic heterocycles. The van der Waals surface area contributed by atoms with Gasteiger partial charge in [-0.05, 0) is 0 Å². The fourth-order valence-electron chi connectivity index (χ4n) is 1.17. The van der Waals surface area contributed by atoms with Gasteiger partial charge in [-0.2, -0.15) is 0 Å². The zero-order valence-corrected chi connectivity index (χ0v) is 8.04. The standard InChI is InChI=1S/C9H12FN3O/c1-13-4-5-8(12)6(10)3-7(11)9(5)14-2/h3-4H,11-12H2,1-2H3. The van der Waals surface area contributed by atoms with Crippen molar-refractivity contribution in [1.29, 1.82) is 0 Å². The lowest BCUT2D eigenvalue weighted by molar-refractivity contribution is 0.415. The van der Waals surface area contributed by atoms with Crippen molar-refractivity contribution in [1.82, 2.24) is 0 Å². The molecule has 1 rings (SSSR count). The third kappa shape index (κ3) is 1.61. The molecule has 0 spiro atoms. The quantitative estimate of drug-likeness (QED) is 0.549. The first-order valence-corrected chi connectivity index (χ1v) is 3.95. The van der Waals surface area contributed by atoms with Gasteiger partial charge in [0.25, 0.3) is 0 Å². The van der Waals surface area contributed by atoms with Crippen LogP contribution < -0.4 is 16.2 Å². The minimum atomic E-state index is -0.571.